The van der Waals surface area contributed by atoms with Crippen LogP contribution in [0.25, 0.3) is 11.6 Å². The van der Waals surface area contributed by atoms with E-state index in [9.17, 15) is 13.2 Å². The minimum absolute atomic E-state index is 0.102. The first-order valence-corrected chi connectivity index (χ1v) is 15.8. The summed E-state index contributed by atoms with van der Waals surface area (Å²) in [5, 5.41) is 5.17. The van der Waals surface area contributed by atoms with Gasteiger partial charge in [-0.2, -0.15) is 4.31 Å². The summed E-state index contributed by atoms with van der Waals surface area (Å²) >= 11 is 1.40. The predicted octanol–water partition coefficient (Wildman–Crippen LogP) is 6.72. The second-order valence-corrected chi connectivity index (χ2v) is 12.6. The van der Waals surface area contributed by atoms with Gasteiger partial charge < -0.3 is 5.32 Å². The van der Waals surface area contributed by atoms with E-state index in [0.717, 1.165) is 22.3 Å². The maximum atomic E-state index is 14.8. The van der Waals surface area contributed by atoms with Crippen LogP contribution in [0.1, 0.15) is 38.9 Å². The van der Waals surface area contributed by atoms with E-state index in [2.05, 4.69) is 10.3 Å². The van der Waals surface area contributed by atoms with Crippen molar-refractivity contribution in [2.45, 2.75) is 24.4 Å². The Labute approximate surface area is 251 Å². The highest BCUT2D eigenvalue weighted by Crippen LogP contribution is 2.36. The maximum absolute atomic E-state index is 14.8. The number of sulfonamides is 1. The second-order valence-electron chi connectivity index (χ2n) is 9.74. The highest BCUT2D eigenvalue weighted by Gasteiger charge is 2.34. The zero-order chi connectivity index (χ0) is 29.5. The van der Waals surface area contributed by atoms with Crippen LogP contribution in [0.4, 0.5) is 0 Å². The summed E-state index contributed by atoms with van der Waals surface area (Å²) in [4.78, 5) is 17.4. The van der Waals surface area contributed by atoms with Crippen LogP contribution in [0.15, 0.2) is 126 Å². The third kappa shape index (κ3) is 6.41. The third-order valence-electron chi connectivity index (χ3n) is 7.00. The quantitative estimate of drug-likeness (QED) is 0.182. The monoisotopic (exact) mass is 593 g/mol. The first-order valence-electron chi connectivity index (χ1n) is 13.5. The lowest BCUT2D eigenvalue weighted by atomic mass is 9.98. The average Bonchev–Trinajstić information content (AvgIpc) is 3.54. The number of hydrogen-bond acceptors (Lipinski definition) is 5. The summed E-state index contributed by atoms with van der Waals surface area (Å²) in [5.74, 6) is -0.324. The van der Waals surface area contributed by atoms with Crippen LogP contribution in [-0.2, 0) is 21.4 Å². The molecule has 1 aromatic heterocycles. The Morgan fingerprint density at radius 1 is 0.905 bits per heavy atom. The van der Waals surface area contributed by atoms with Gasteiger partial charge in [-0.25, -0.2) is 13.4 Å². The van der Waals surface area contributed by atoms with Gasteiger partial charge in [-0.3, -0.25) is 4.79 Å². The van der Waals surface area contributed by atoms with Crippen molar-refractivity contribution in [1.29, 1.82) is 0 Å². The predicted molar refractivity (Wildman–Crippen MR) is 169 cm³/mol. The number of aryl methyl sites for hydroxylation is 1. The lowest BCUT2D eigenvalue weighted by Gasteiger charge is -2.32. The number of amides is 1. The molecule has 0 saturated carbocycles. The fourth-order valence-electron chi connectivity index (χ4n) is 4.89. The topological polar surface area (TPSA) is 79.4 Å². The molecule has 0 atom stereocenters. The van der Waals surface area contributed by atoms with E-state index < -0.39 is 16.1 Å². The number of hydrogen-bond donors (Lipinski definition) is 1. The summed E-state index contributed by atoms with van der Waals surface area (Å²) < 4.78 is 31.1. The molecule has 6 nitrogen and oxygen atoms in total. The third-order valence-corrected chi connectivity index (χ3v) is 9.53. The largest absolute Gasteiger partial charge is 0.355 e. The molecule has 1 heterocycles. The van der Waals surface area contributed by atoms with Gasteiger partial charge in [-0.05, 0) is 52.9 Å². The molecule has 1 amide bonds. The Kier molecular flexibility index (Phi) is 9.07. The first-order chi connectivity index (χ1) is 20.4. The van der Waals surface area contributed by atoms with Crippen LogP contribution in [0.3, 0.4) is 0 Å². The Balaban J connectivity index is 1.69. The Bertz CT molecular complexity index is 1730. The lowest BCUT2D eigenvalue weighted by molar-refractivity contribution is -0.115. The molecule has 0 radical (unpaired) electrons. The summed E-state index contributed by atoms with van der Waals surface area (Å²) in [6, 6.07) is 33.3. The van der Waals surface area contributed by atoms with Crippen molar-refractivity contribution in [1.82, 2.24) is 14.6 Å². The van der Waals surface area contributed by atoms with E-state index in [-0.39, 0.29) is 17.3 Å². The van der Waals surface area contributed by atoms with Gasteiger partial charge >= 0.3 is 0 Å². The van der Waals surface area contributed by atoms with E-state index in [0.29, 0.717) is 16.1 Å². The van der Waals surface area contributed by atoms with Crippen molar-refractivity contribution in [3.63, 3.8) is 0 Å². The molecule has 5 rings (SSSR count). The molecular weight excluding hydrogens is 563 g/mol. The fraction of sp³-hybridized carbons (Fsp3) is 0.118. The minimum Gasteiger partial charge on any atom is -0.355 e. The van der Waals surface area contributed by atoms with Crippen molar-refractivity contribution in [2.24, 2.45) is 0 Å². The molecule has 4 aromatic carbocycles. The van der Waals surface area contributed by atoms with E-state index in [1.807, 2.05) is 103 Å². The molecule has 0 bridgehead atoms. The van der Waals surface area contributed by atoms with Crippen LogP contribution in [0, 0.1) is 6.92 Å². The van der Waals surface area contributed by atoms with Gasteiger partial charge in [0.1, 0.15) is 5.01 Å². The SMILES string of the molecule is CNC(=O)/C(=C/c1nccs1)c1cc(S(=O)(=O)N(Cc2ccccc2)C(c2ccccc2)c2ccccc2)ccc1C. The van der Waals surface area contributed by atoms with Crippen LogP contribution < -0.4 is 5.32 Å². The zero-order valence-corrected chi connectivity index (χ0v) is 25.0. The van der Waals surface area contributed by atoms with Crippen molar-refractivity contribution in [3.8, 4) is 0 Å². The maximum Gasteiger partial charge on any atom is 0.251 e. The molecule has 0 unspecified atom stereocenters. The van der Waals surface area contributed by atoms with Gasteiger partial charge in [-0.15, -0.1) is 11.3 Å². The van der Waals surface area contributed by atoms with Crippen molar-refractivity contribution >= 4 is 38.9 Å². The molecule has 8 heteroatoms. The minimum atomic E-state index is -4.10. The molecule has 5 aromatic rings. The van der Waals surface area contributed by atoms with Crippen molar-refractivity contribution in [3.05, 3.63) is 154 Å². The van der Waals surface area contributed by atoms with Crippen LogP contribution in [0.2, 0.25) is 0 Å². The van der Waals surface area contributed by atoms with E-state index >= 15 is 0 Å². The molecule has 0 aliphatic rings. The molecule has 0 aliphatic heterocycles. The first kappa shape index (κ1) is 29.1. The number of thiazole rings is 1. The van der Waals surface area contributed by atoms with Gasteiger partial charge in [0.15, 0.2) is 0 Å². The smallest absolute Gasteiger partial charge is 0.251 e. The van der Waals surface area contributed by atoms with Crippen LogP contribution >= 0.6 is 11.3 Å². The van der Waals surface area contributed by atoms with Gasteiger partial charge in [0.25, 0.3) is 5.91 Å². The molecule has 0 spiro atoms. The Morgan fingerprint density at radius 2 is 1.50 bits per heavy atom. The highest BCUT2D eigenvalue weighted by molar-refractivity contribution is 7.89. The normalized spacial score (nSPS) is 12.0. The number of likely N-dealkylation sites (N-methyl/N-ethyl adjacent to an activating group) is 1. The van der Waals surface area contributed by atoms with Gasteiger partial charge in [0.05, 0.1) is 10.9 Å². The number of rotatable bonds is 10. The molecule has 0 fully saturated rings. The number of nitrogens with zero attached hydrogens (tertiary/aromatic N) is 2. The van der Waals surface area contributed by atoms with E-state index in [1.165, 1.54) is 11.3 Å². The number of aromatic nitrogens is 1. The molecule has 42 heavy (non-hydrogen) atoms. The fourth-order valence-corrected chi connectivity index (χ4v) is 7.08. The van der Waals surface area contributed by atoms with Crippen LogP contribution in [-0.4, -0.2) is 30.7 Å². The molecule has 1 N–H and O–H groups in total. The number of carbonyl (C=O) groups excluding carboxylic acids is 1. The van der Waals surface area contributed by atoms with E-state index in [4.69, 9.17) is 0 Å². The number of nitrogens with one attached hydrogen (secondary N) is 1. The molecule has 0 saturated heterocycles. The Hall–Kier alpha value is -4.37. The second kappa shape index (κ2) is 13.1. The molecular formula is C34H31N3O3S2. The van der Waals surface area contributed by atoms with Crippen LogP contribution in [0.5, 0.6) is 0 Å². The lowest BCUT2D eigenvalue weighted by Crippen LogP contribution is -2.35. The summed E-state index contributed by atoms with van der Waals surface area (Å²) in [5.41, 5.74) is 4.22. The molecule has 212 valence electrons. The number of carbonyl (C=O) groups is 1. The van der Waals surface area contributed by atoms with Crippen molar-refractivity contribution < 1.29 is 13.2 Å². The highest BCUT2D eigenvalue weighted by atomic mass is 32.2. The van der Waals surface area contributed by atoms with Gasteiger partial charge in [0.2, 0.25) is 10.0 Å². The zero-order valence-electron chi connectivity index (χ0n) is 23.3. The Morgan fingerprint density at radius 3 is 2.05 bits per heavy atom. The summed E-state index contributed by atoms with van der Waals surface area (Å²) in [6.07, 6.45) is 3.36. The van der Waals surface area contributed by atoms with E-state index in [1.54, 1.807) is 41.8 Å². The summed E-state index contributed by atoms with van der Waals surface area (Å²) in [7, 11) is -2.55. The standard InChI is InChI=1S/C34H31N3O3S2/c1-25-18-19-29(22-30(25)31(34(38)35-2)23-32-36-20-21-41-32)42(39,40)37(24-26-12-6-3-7-13-26)33(27-14-8-4-9-15-27)28-16-10-5-11-17-28/h3-23,33H,24H2,1-2H3,(H,35,38)/b31-23+. The van der Waals surface area contributed by atoms with Crippen molar-refractivity contribution in [2.75, 3.05) is 7.05 Å². The van der Waals surface area contributed by atoms with Gasteiger partial charge in [-0.1, -0.05) is 97.1 Å². The summed E-state index contributed by atoms with van der Waals surface area (Å²) in [6.45, 7) is 2.01. The average molecular weight is 594 g/mol. The molecule has 0 aliphatic carbocycles. The number of benzene rings is 4. The van der Waals surface area contributed by atoms with Gasteiger partial charge in [0, 0.05) is 30.7 Å².